The number of halogens is 1. The first-order valence-electron chi connectivity index (χ1n) is 6.34. The first kappa shape index (κ1) is 13.5. The normalized spacial score (nSPS) is 17.8. The second kappa shape index (κ2) is 5.81. The zero-order valence-corrected chi connectivity index (χ0v) is 11.5. The molecule has 1 fully saturated rings. The lowest BCUT2D eigenvalue weighted by molar-refractivity contribution is 0.190. The van der Waals surface area contributed by atoms with E-state index >= 15 is 0 Å². The predicted octanol–water partition coefficient (Wildman–Crippen LogP) is 3.72. The first-order chi connectivity index (χ1) is 8.61. The van der Waals surface area contributed by atoms with Crippen LogP contribution < -0.4 is 9.47 Å². The van der Waals surface area contributed by atoms with Crippen molar-refractivity contribution in [2.75, 3.05) is 7.11 Å². The van der Waals surface area contributed by atoms with E-state index in [2.05, 4.69) is 0 Å². The van der Waals surface area contributed by atoms with Crippen molar-refractivity contribution in [1.82, 2.24) is 0 Å². The van der Waals surface area contributed by atoms with Gasteiger partial charge in [0.1, 0.15) is 0 Å². The molecule has 0 spiro atoms. The number of hydrogen-bond donors (Lipinski definition) is 1. The lowest BCUT2D eigenvalue weighted by atomic mass is 10.1. The number of aliphatic hydroxyl groups is 1. The van der Waals surface area contributed by atoms with Gasteiger partial charge in [-0.3, -0.25) is 0 Å². The summed E-state index contributed by atoms with van der Waals surface area (Å²) in [6, 6.07) is 3.53. The highest BCUT2D eigenvalue weighted by atomic mass is 35.5. The Bertz CT molecular complexity index is 412. The highest BCUT2D eigenvalue weighted by Crippen LogP contribution is 2.39. The van der Waals surface area contributed by atoms with Crippen molar-refractivity contribution in [2.24, 2.45) is 0 Å². The molecule has 1 aliphatic rings. The molecule has 2 rings (SSSR count). The van der Waals surface area contributed by atoms with Gasteiger partial charge in [0.25, 0.3) is 0 Å². The van der Waals surface area contributed by atoms with Crippen LogP contribution in [-0.4, -0.2) is 18.3 Å². The molecular formula is C14H19ClO3. The van der Waals surface area contributed by atoms with Gasteiger partial charge in [0.05, 0.1) is 24.3 Å². The van der Waals surface area contributed by atoms with Crippen molar-refractivity contribution in [3.05, 3.63) is 22.7 Å². The van der Waals surface area contributed by atoms with E-state index < -0.39 is 6.10 Å². The summed E-state index contributed by atoms with van der Waals surface area (Å²) in [6.45, 7) is 1.71. The van der Waals surface area contributed by atoms with E-state index in [0.717, 1.165) is 18.4 Å². The minimum absolute atomic E-state index is 0.235. The van der Waals surface area contributed by atoms with Crippen LogP contribution in [0.25, 0.3) is 0 Å². The Morgan fingerprint density at radius 3 is 2.56 bits per heavy atom. The van der Waals surface area contributed by atoms with E-state index in [-0.39, 0.29) is 6.10 Å². The summed E-state index contributed by atoms with van der Waals surface area (Å²) in [5, 5.41) is 10.1. The molecule has 18 heavy (non-hydrogen) atoms. The summed E-state index contributed by atoms with van der Waals surface area (Å²) >= 11 is 6.15. The molecule has 0 aromatic heterocycles. The van der Waals surface area contributed by atoms with Crippen LogP contribution in [0.5, 0.6) is 11.5 Å². The quantitative estimate of drug-likeness (QED) is 0.906. The van der Waals surface area contributed by atoms with Crippen molar-refractivity contribution in [2.45, 2.75) is 44.8 Å². The molecule has 0 aliphatic heterocycles. The second-order valence-electron chi connectivity index (χ2n) is 4.73. The molecule has 1 saturated carbocycles. The Morgan fingerprint density at radius 1 is 1.33 bits per heavy atom. The van der Waals surface area contributed by atoms with Crippen molar-refractivity contribution in [1.29, 1.82) is 0 Å². The van der Waals surface area contributed by atoms with Crippen LogP contribution in [0, 0.1) is 0 Å². The summed E-state index contributed by atoms with van der Waals surface area (Å²) in [7, 11) is 1.57. The standard InChI is InChI=1S/C14H19ClO3/c1-9(16)10-7-12(15)14(17-2)13(8-10)18-11-5-3-4-6-11/h7-9,11,16H,3-6H2,1-2H3. The number of methoxy groups -OCH3 is 1. The lowest BCUT2D eigenvalue weighted by Gasteiger charge is -2.18. The van der Waals surface area contributed by atoms with Crippen molar-refractivity contribution in [3.8, 4) is 11.5 Å². The van der Waals surface area contributed by atoms with Gasteiger partial charge >= 0.3 is 0 Å². The maximum atomic E-state index is 9.64. The molecule has 3 nitrogen and oxygen atoms in total. The van der Waals surface area contributed by atoms with Crippen LogP contribution in [0.4, 0.5) is 0 Å². The molecular weight excluding hydrogens is 252 g/mol. The molecule has 1 aromatic rings. The zero-order chi connectivity index (χ0) is 13.1. The fourth-order valence-corrected chi connectivity index (χ4v) is 2.60. The average Bonchev–Trinajstić information content (AvgIpc) is 2.81. The summed E-state index contributed by atoms with van der Waals surface area (Å²) in [6.07, 6.45) is 4.21. The molecule has 4 heteroatoms. The SMILES string of the molecule is COc1c(Cl)cc(C(C)O)cc1OC1CCCC1. The highest BCUT2D eigenvalue weighted by Gasteiger charge is 2.20. The van der Waals surface area contributed by atoms with Crippen molar-refractivity contribution >= 4 is 11.6 Å². The molecule has 0 amide bonds. The number of rotatable bonds is 4. The Balaban J connectivity index is 2.29. The second-order valence-corrected chi connectivity index (χ2v) is 5.14. The van der Waals surface area contributed by atoms with Crippen LogP contribution in [0.1, 0.15) is 44.3 Å². The van der Waals surface area contributed by atoms with Crippen molar-refractivity contribution < 1.29 is 14.6 Å². The summed E-state index contributed by atoms with van der Waals surface area (Å²) in [5.74, 6) is 1.18. The van der Waals surface area contributed by atoms with Crippen LogP contribution in [0.3, 0.4) is 0 Å². The van der Waals surface area contributed by atoms with Crippen molar-refractivity contribution in [3.63, 3.8) is 0 Å². The topological polar surface area (TPSA) is 38.7 Å². The molecule has 0 bridgehead atoms. The fraction of sp³-hybridized carbons (Fsp3) is 0.571. The third-order valence-electron chi connectivity index (χ3n) is 3.31. The van der Waals surface area contributed by atoms with Gasteiger partial charge in [-0.2, -0.15) is 0 Å². The monoisotopic (exact) mass is 270 g/mol. The first-order valence-corrected chi connectivity index (χ1v) is 6.71. The number of benzene rings is 1. The van der Waals surface area contributed by atoms with Gasteiger partial charge in [0.2, 0.25) is 0 Å². The summed E-state index contributed by atoms with van der Waals surface area (Å²) in [5.41, 5.74) is 0.744. The summed E-state index contributed by atoms with van der Waals surface area (Å²) in [4.78, 5) is 0. The average molecular weight is 271 g/mol. The predicted molar refractivity (Wildman–Crippen MR) is 71.5 cm³/mol. The third-order valence-corrected chi connectivity index (χ3v) is 3.59. The number of aliphatic hydroxyl groups excluding tert-OH is 1. The van der Waals surface area contributed by atoms with E-state index in [1.54, 1.807) is 20.1 Å². The van der Waals surface area contributed by atoms with Gasteiger partial charge in [0.15, 0.2) is 11.5 Å². The molecule has 0 radical (unpaired) electrons. The largest absolute Gasteiger partial charge is 0.491 e. The van der Waals surface area contributed by atoms with Gasteiger partial charge < -0.3 is 14.6 Å². The van der Waals surface area contributed by atoms with Gasteiger partial charge in [0, 0.05) is 0 Å². The van der Waals surface area contributed by atoms with E-state index in [1.807, 2.05) is 6.07 Å². The highest BCUT2D eigenvalue weighted by molar-refractivity contribution is 6.32. The van der Waals surface area contributed by atoms with E-state index in [9.17, 15) is 5.11 Å². The fourth-order valence-electron chi connectivity index (χ4n) is 2.30. The lowest BCUT2D eigenvalue weighted by Crippen LogP contribution is -2.12. The van der Waals surface area contributed by atoms with E-state index in [4.69, 9.17) is 21.1 Å². The van der Waals surface area contributed by atoms with Crippen LogP contribution >= 0.6 is 11.6 Å². The zero-order valence-electron chi connectivity index (χ0n) is 10.8. The van der Waals surface area contributed by atoms with Gasteiger partial charge in [-0.25, -0.2) is 0 Å². The van der Waals surface area contributed by atoms with Gasteiger partial charge in [-0.05, 0) is 50.3 Å². The Hall–Kier alpha value is -0.930. The minimum atomic E-state index is -0.570. The Kier molecular flexibility index (Phi) is 4.36. The molecule has 1 aromatic carbocycles. The molecule has 1 aliphatic carbocycles. The van der Waals surface area contributed by atoms with E-state index in [0.29, 0.717) is 16.5 Å². The molecule has 0 saturated heterocycles. The minimum Gasteiger partial charge on any atom is -0.491 e. The Labute approximate surface area is 113 Å². The number of ether oxygens (including phenoxy) is 2. The van der Waals surface area contributed by atoms with E-state index in [1.165, 1.54) is 12.8 Å². The van der Waals surface area contributed by atoms with Gasteiger partial charge in [-0.15, -0.1) is 0 Å². The third kappa shape index (κ3) is 2.90. The smallest absolute Gasteiger partial charge is 0.179 e. The van der Waals surface area contributed by atoms with Gasteiger partial charge in [-0.1, -0.05) is 11.6 Å². The molecule has 1 unspecified atom stereocenters. The molecule has 0 heterocycles. The van der Waals surface area contributed by atoms with Crippen LogP contribution in [-0.2, 0) is 0 Å². The Morgan fingerprint density at radius 2 is 2.00 bits per heavy atom. The van der Waals surface area contributed by atoms with Crippen LogP contribution in [0.2, 0.25) is 5.02 Å². The van der Waals surface area contributed by atoms with Crippen LogP contribution in [0.15, 0.2) is 12.1 Å². The maximum absolute atomic E-state index is 9.64. The maximum Gasteiger partial charge on any atom is 0.179 e. The molecule has 1 atom stereocenters. The summed E-state index contributed by atoms with van der Waals surface area (Å²) < 4.78 is 11.2. The number of hydrogen-bond acceptors (Lipinski definition) is 3. The molecule has 1 N–H and O–H groups in total. The molecule has 100 valence electrons.